The summed E-state index contributed by atoms with van der Waals surface area (Å²) in [6, 6.07) is 4.38. The third-order valence-electron chi connectivity index (χ3n) is 1.58. The molecule has 66 valence electrons. The molecule has 1 aromatic carbocycles. The minimum atomic E-state index is 1.15. The fourth-order valence-electron chi connectivity index (χ4n) is 1.04. The van der Waals surface area contributed by atoms with Gasteiger partial charge < -0.3 is 0 Å². The first-order valence-electron chi connectivity index (χ1n) is 3.78. The van der Waals surface area contributed by atoms with Crippen LogP contribution >= 0.6 is 54.5 Å². The smallest absolute Gasteiger partial charge is 0.0414 e. The molecule has 0 fully saturated rings. The molecule has 0 aliphatic heterocycles. The Balaban J connectivity index is 3.04. The Morgan fingerprint density at radius 1 is 1.25 bits per heavy atom. The number of benzene rings is 1. The lowest BCUT2D eigenvalue weighted by molar-refractivity contribution is 0.919. The summed E-state index contributed by atoms with van der Waals surface area (Å²) in [5.74, 6) is 0. The van der Waals surface area contributed by atoms with Crippen LogP contribution in [-0.2, 0) is 6.42 Å². The molecule has 12 heavy (non-hydrogen) atoms. The molecule has 0 atom stereocenters. The van der Waals surface area contributed by atoms with Gasteiger partial charge in [-0.2, -0.15) is 0 Å². The second-order valence-corrected chi connectivity index (χ2v) is 5.41. The van der Waals surface area contributed by atoms with Gasteiger partial charge >= 0.3 is 0 Å². The van der Waals surface area contributed by atoms with Crippen LogP contribution in [0.25, 0.3) is 0 Å². The minimum absolute atomic E-state index is 1.15. The van der Waals surface area contributed by atoms with E-state index in [1.807, 2.05) is 0 Å². The summed E-state index contributed by atoms with van der Waals surface area (Å²) in [6.45, 7) is 2.19. The van der Waals surface area contributed by atoms with Crippen molar-refractivity contribution < 1.29 is 0 Å². The summed E-state index contributed by atoms with van der Waals surface area (Å²) in [6.07, 6.45) is 2.34. The number of hydrogen-bond acceptors (Lipinski definition) is 0. The van der Waals surface area contributed by atoms with E-state index in [0.717, 1.165) is 6.42 Å². The summed E-state index contributed by atoms with van der Waals surface area (Å²) < 4.78 is 3.61. The maximum absolute atomic E-state index is 3.53. The van der Waals surface area contributed by atoms with Crippen LogP contribution in [0.5, 0.6) is 0 Å². The molecule has 0 aliphatic carbocycles. The molecule has 0 nitrogen and oxygen atoms in total. The van der Waals surface area contributed by atoms with Crippen molar-refractivity contribution in [3.8, 4) is 0 Å². The van der Waals surface area contributed by atoms with Crippen molar-refractivity contribution in [1.29, 1.82) is 0 Å². The van der Waals surface area contributed by atoms with E-state index in [0.29, 0.717) is 0 Å². The minimum Gasteiger partial charge on any atom is -0.0651 e. The van der Waals surface area contributed by atoms with Gasteiger partial charge in [0.25, 0.3) is 0 Å². The van der Waals surface area contributed by atoms with Crippen LogP contribution in [0.3, 0.4) is 0 Å². The van der Waals surface area contributed by atoms with E-state index in [-0.39, 0.29) is 0 Å². The average Bonchev–Trinajstić information content (AvgIpc) is 2.01. The third kappa shape index (κ3) is 2.70. The molecule has 3 heteroatoms. The molecule has 0 heterocycles. The van der Waals surface area contributed by atoms with Gasteiger partial charge in [0.15, 0.2) is 0 Å². The maximum Gasteiger partial charge on any atom is 0.0414 e. The normalized spacial score (nSPS) is 10.3. The van der Waals surface area contributed by atoms with Crippen molar-refractivity contribution >= 4 is 54.5 Å². The van der Waals surface area contributed by atoms with Crippen LogP contribution in [0.2, 0.25) is 0 Å². The Morgan fingerprint density at radius 3 is 2.17 bits per heavy atom. The largest absolute Gasteiger partial charge is 0.0651 e. The number of aryl methyl sites for hydroxylation is 1. The van der Waals surface area contributed by atoms with Gasteiger partial charge in [0.05, 0.1) is 0 Å². The zero-order valence-corrected chi connectivity index (χ0v) is 12.0. The molecule has 1 rings (SSSR count). The lowest BCUT2D eigenvalue weighted by Crippen LogP contribution is -1.86. The van der Waals surface area contributed by atoms with Gasteiger partial charge in [0, 0.05) is 12.5 Å². The van der Waals surface area contributed by atoms with Gasteiger partial charge in [0.1, 0.15) is 0 Å². The fraction of sp³-hybridized carbons (Fsp3) is 0.333. The molecular weight excluding hydrogens is 395 g/mol. The van der Waals surface area contributed by atoms with E-state index < -0.39 is 0 Å². The average molecular weight is 404 g/mol. The molecule has 0 aliphatic rings. The number of hydrogen-bond donors (Lipinski definition) is 0. The first kappa shape index (κ1) is 11.0. The third-order valence-corrected chi connectivity index (χ3v) is 5.48. The first-order valence-corrected chi connectivity index (χ1v) is 6.45. The van der Waals surface area contributed by atoms with Crippen molar-refractivity contribution in [2.24, 2.45) is 0 Å². The van der Waals surface area contributed by atoms with Crippen LogP contribution in [0.15, 0.2) is 21.1 Å². The number of halogens is 3. The topological polar surface area (TPSA) is 0 Å². The molecule has 0 bridgehead atoms. The van der Waals surface area contributed by atoms with E-state index in [9.17, 15) is 0 Å². The Hall–Kier alpha value is 0.910. The van der Waals surface area contributed by atoms with Gasteiger partial charge in [-0.15, -0.1) is 0 Å². The highest BCUT2D eigenvalue weighted by Crippen LogP contribution is 2.28. The Morgan fingerprint density at radius 2 is 1.75 bits per heavy atom. The van der Waals surface area contributed by atoms with Crippen LogP contribution in [0.1, 0.15) is 18.9 Å². The molecule has 0 N–H and O–H groups in total. The molecule has 0 saturated carbocycles. The van der Waals surface area contributed by atoms with Crippen LogP contribution in [-0.4, -0.2) is 0 Å². The van der Waals surface area contributed by atoms with Gasteiger partial charge in [-0.3, -0.25) is 0 Å². The number of rotatable bonds is 2. The second kappa shape index (κ2) is 4.96. The highest BCUT2D eigenvalue weighted by atomic mass is 127. The van der Waals surface area contributed by atoms with Gasteiger partial charge in [-0.1, -0.05) is 13.3 Å². The standard InChI is InChI=1S/C9H9Br2I/c1-2-3-6-4-7(10)9(12)8(11)5-6/h4-5H,2-3H2,1H3. The summed E-state index contributed by atoms with van der Waals surface area (Å²) in [5, 5.41) is 0. The Kier molecular flexibility index (Phi) is 4.54. The highest BCUT2D eigenvalue weighted by Gasteiger charge is 2.03. The second-order valence-electron chi connectivity index (χ2n) is 2.62. The van der Waals surface area contributed by atoms with Crippen molar-refractivity contribution in [3.05, 3.63) is 30.2 Å². The van der Waals surface area contributed by atoms with Crippen LogP contribution < -0.4 is 0 Å². The quantitative estimate of drug-likeness (QED) is 0.493. The molecule has 0 spiro atoms. The maximum atomic E-state index is 3.53. The fourth-order valence-corrected chi connectivity index (χ4v) is 2.63. The first-order chi connectivity index (χ1) is 5.65. The summed E-state index contributed by atoms with van der Waals surface area (Å²) >= 11 is 9.38. The van der Waals surface area contributed by atoms with Crippen LogP contribution in [0, 0.1) is 3.57 Å². The summed E-state index contributed by atoms with van der Waals surface area (Å²) in [4.78, 5) is 0. The molecular formula is C9H9Br2I. The van der Waals surface area contributed by atoms with E-state index in [4.69, 9.17) is 0 Å². The Labute approximate surface area is 104 Å². The van der Waals surface area contributed by atoms with Crippen molar-refractivity contribution in [1.82, 2.24) is 0 Å². The van der Waals surface area contributed by atoms with E-state index in [1.54, 1.807) is 0 Å². The van der Waals surface area contributed by atoms with E-state index in [1.165, 1.54) is 24.5 Å². The lowest BCUT2D eigenvalue weighted by Gasteiger charge is -2.04. The summed E-state index contributed by atoms with van der Waals surface area (Å²) in [5.41, 5.74) is 1.39. The van der Waals surface area contributed by atoms with E-state index >= 15 is 0 Å². The monoisotopic (exact) mass is 402 g/mol. The molecule has 0 saturated heterocycles. The predicted molar refractivity (Wildman–Crippen MR) is 68.6 cm³/mol. The highest BCUT2D eigenvalue weighted by molar-refractivity contribution is 14.1. The molecule has 0 unspecified atom stereocenters. The zero-order valence-electron chi connectivity index (χ0n) is 6.70. The van der Waals surface area contributed by atoms with Crippen molar-refractivity contribution in [2.75, 3.05) is 0 Å². The SMILES string of the molecule is CCCc1cc(Br)c(I)c(Br)c1. The molecule has 0 radical (unpaired) electrons. The van der Waals surface area contributed by atoms with Crippen molar-refractivity contribution in [3.63, 3.8) is 0 Å². The zero-order chi connectivity index (χ0) is 9.14. The lowest BCUT2D eigenvalue weighted by atomic mass is 10.1. The molecule has 0 aromatic heterocycles. The van der Waals surface area contributed by atoms with Gasteiger partial charge in [-0.25, -0.2) is 0 Å². The van der Waals surface area contributed by atoms with Gasteiger partial charge in [-0.05, 0) is 78.6 Å². The molecule has 1 aromatic rings. The van der Waals surface area contributed by atoms with Crippen molar-refractivity contribution in [2.45, 2.75) is 19.8 Å². The van der Waals surface area contributed by atoms with E-state index in [2.05, 4.69) is 73.5 Å². The molecule has 0 amide bonds. The Bertz CT molecular complexity index is 261. The predicted octanol–water partition coefficient (Wildman–Crippen LogP) is 4.77. The van der Waals surface area contributed by atoms with Gasteiger partial charge in [0.2, 0.25) is 0 Å². The summed E-state index contributed by atoms with van der Waals surface area (Å²) in [7, 11) is 0. The van der Waals surface area contributed by atoms with Crippen LogP contribution in [0.4, 0.5) is 0 Å².